The Balaban J connectivity index is 1.59. The lowest BCUT2D eigenvalue weighted by Crippen LogP contribution is -2.54. The minimum Gasteiger partial charge on any atom is -0.495 e. The van der Waals surface area contributed by atoms with Crippen molar-refractivity contribution in [3.8, 4) is 17.2 Å². The van der Waals surface area contributed by atoms with E-state index in [9.17, 15) is 19.2 Å². The second kappa shape index (κ2) is 12.1. The number of benzene rings is 3. The van der Waals surface area contributed by atoms with E-state index in [0.717, 1.165) is 10.5 Å². The smallest absolute Gasteiger partial charge is 0.336 e. The molecule has 0 spiro atoms. The molecule has 0 aliphatic carbocycles. The first kappa shape index (κ1) is 27.2. The van der Waals surface area contributed by atoms with Gasteiger partial charge in [-0.15, -0.1) is 0 Å². The number of imide groups is 2. The molecule has 0 radical (unpaired) electrons. The van der Waals surface area contributed by atoms with E-state index in [1.54, 1.807) is 61.5 Å². The fourth-order valence-corrected chi connectivity index (χ4v) is 3.83. The molecule has 10 heteroatoms. The molecule has 0 saturated carbocycles. The normalized spacial score (nSPS) is 14.5. The zero-order valence-corrected chi connectivity index (χ0v) is 21.7. The molecule has 0 atom stereocenters. The van der Waals surface area contributed by atoms with Crippen molar-refractivity contribution in [2.45, 2.75) is 6.92 Å². The van der Waals surface area contributed by atoms with Crippen molar-refractivity contribution in [1.29, 1.82) is 0 Å². The van der Waals surface area contributed by atoms with Crippen molar-refractivity contribution in [2.24, 2.45) is 0 Å². The Labute approximate surface area is 229 Å². The number of amides is 4. The molecule has 0 aromatic heterocycles. The van der Waals surface area contributed by atoms with Crippen molar-refractivity contribution >= 4 is 53.3 Å². The lowest BCUT2D eigenvalue weighted by atomic mass is 10.1. The summed E-state index contributed by atoms with van der Waals surface area (Å²) in [6.07, 6.45) is 4.17. The number of carbonyl (C=O) groups is 4. The maximum Gasteiger partial charge on any atom is 0.336 e. The highest BCUT2D eigenvalue weighted by molar-refractivity contribution is 6.39. The van der Waals surface area contributed by atoms with E-state index in [0.29, 0.717) is 10.6 Å². The number of hydrogen-bond acceptors (Lipinski definition) is 7. The van der Waals surface area contributed by atoms with E-state index >= 15 is 0 Å². The largest absolute Gasteiger partial charge is 0.495 e. The number of barbiturate groups is 1. The van der Waals surface area contributed by atoms with Crippen LogP contribution in [0.25, 0.3) is 12.2 Å². The standard InChI is InChI=1S/C29H23ClN2O7/c1-3-38-25-17-19(10-14-24(25)39-26(33)15-11-18-8-12-20(30)13-9-18)16-21-27(34)31-29(36)32(28(21)35)22-6-4-5-7-23(22)37-2/h4-17H,3H2,1-2H3,(H,31,34,36)/b15-11+,21-16+. The summed E-state index contributed by atoms with van der Waals surface area (Å²) >= 11 is 5.88. The van der Waals surface area contributed by atoms with Crippen LogP contribution in [0.4, 0.5) is 10.5 Å². The summed E-state index contributed by atoms with van der Waals surface area (Å²) < 4.78 is 16.3. The number of urea groups is 1. The van der Waals surface area contributed by atoms with Gasteiger partial charge >= 0.3 is 12.0 Å². The molecule has 3 aromatic carbocycles. The summed E-state index contributed by atoms with van der Waals surface area (Å²) in [6, 6.07) is 17.0. The molecule has 1 fully saturated rings. The average molecular weight is 547 g/mol. The highest BCUT2D eigenvalue weighted by atomic mass is 35.5. The van der Waals surface area contributed by atoms with Crippen LogP contribution in [0.5, 0.6) is 17.2 Å². The SMILES string of the molecule is CCOc1cc(/C=C2\C(=O)NC(=O)N(c3ccccc3OC)C2=O)ccc1OC(=O)/C=C/c1ccc(Cl)cc1. The topological polar surface area (TPSA) is 111 Å². The Morgan fingerprint density at radius 1 is 0.949 bits per heavy atom. The van der Waals surface area contributed by atoms with Crippen LogP contribution in [0.2, 0.25) is 5.02 Å². The van der Waals surface area contributed by atoms with Gasteiger partial charge in [0, 0.05) is 11.1 Å². The predicted molar refractivity (Wildman–Crippen MR) is 146 cm³/mol. The van der Waals surface area contributed by atoms with E-state index in [-0.39, 0.29) is 35.1 Å². The van der Waals surface area contributed by atoms with E-state index < -0.39 is 23.8 Å². The molecule has 1 aliphatic heterocycles. The zero-order valence-electron chi connectivity index (χ0n) is 21.0. The van der Waals surface area contributed by atoms with Gasteiger partial charge in [-0.3, -0.25) is 14.9 Å². The van der Waals surface area contributed by atoms with E-state index in [1.807, 2.05) is 0 Å². The minimum atomic E-state index is -0.893. The maximum absolute atomic E-state index is 13.3. The van der Waals surface area contributed by atoms with Gasteiger partial charge in [0.1, 0.15) is 11.3 Å². The van der Waals surface area contributed by atoms with Gasteiger partial charge in [-0.1, -0.05) is 41.9 Å². The van der Waals surface area contributed by atoms with Crippen LogP contribution in [-0.4, -0.2) is 37.5 Å². The quantitative estimate of drug-likeness (QED) is 0.182. The molecular weight excluding hydrogens is 524 g/mol. The van der Waals surface area contributed by atoms with Crippen LogP contribution in [0.1, 0.15) is 18.1 Å². The second-order valence-electron chi connectivity index (χ2n) is 8.07. The number of hydrogen-bond donors (Lipinski definition) is 1. The Kier molecular flexibility index (Phi) is 8.43. The van der Waals surface area contributed by atoms with Crippen molar-refractivity contribution in [2.75, 3.05) is 18.6 Å². The number of rotatable bonds is 8. The van der Waals surface area contributed by atoms with Crippen LogP contribution >= 0.6 is 11.6 Å². The number of methoxy groups -OCH3 is 1. The van der Waals surface area contributed by atoms with Crippen molar-refractivity contribution in [1.82, 2.24) is 5.32 Å². The Morgan fingerprint density at radius 2 is 1.67 bits per heavy atom. The second-order valence-corrected chi connectivity index (χ2v) is 8.51. The molecule has 39 heavy (non-hydrogen) atoms. The Hall–Kier alpha value is -4.89. The summed E-state index contributed by atoms with van der Waals surface area (Å²) in [5, 5.41) is 2.76. The molecule has 9 nitrogen and oxygen atoms in total. The summed E-state index contributed by atoms with van der Waals surface area (Å²) in [6.45, 7) is 2.02. The third-order valence-electron chi connectivity index (χ3n) is 5.50. The zero-order chi connectivity index (χ0) is 27.9. The number of anilines is 1. The molecule has 4 rings (SSSR count). The minimum absolute atomic E-state index is 0.148. The highest BCUT2D eigenvalue weighted by Crippen LogP contribution is 2.32. The van der Waals surface area contributed by atoms with E-state index in [2.05, 4.69) is 5.32 Å². The van der Waals surface area contributed by atoms with Crippen molar-refractivity contribution in [3.05, 3.63) is 94.5 Å². The number of nitrogens with one attached hydrogen (secondary N) is 1. The van der Waals surface area contributed by atoms with Gasteiger partial charge in [-0.25, -0.2) is 14.5 Å². The van der Waals surface area contributed by atoms with Crippen molar-refractivity contribution < 1.29 is 33.4 Å². The van der Waals surface area contributed by atoms with E-state index in [1.165, 1.54) is 37.5 Å². The number of nitrogens with zero attached hydrogens (tertiary/aromatic N) is 1. The van der Waals surface area contributed by atoms with Gasteiger partial charge in [0.2, 0.25) is 0 Å². The fraction of sp³-hybridized carbons (Fsp3) is 0.103. The summed E-state index contributed by atoms with van der Waals surface area (Å²) in [4.78, 5) is 51.6. The van der Waals surface area contributed by atoms with Gasteiger partial charge in [-0.05, 0) is 66.6 Å². The molecule has 1 aliphatic rings. The van der Waals surface area contributed by atoms with Crippen LogP contribution in [-0.2, 0) is 14.4 Å². The monoisotopic (exact) mass is 546 g/mol. The van der Waals surface area contributed by atoms with Gasteiger partial charge in [0.15, 0.2) is 11.5 Å². The first-order valence-corrected chi connectivity index (χ1v) is 12.1. The summed E-state index contributed by atoms with van der Waals surface area (Å²) in [5.74, 6) is -1.66. The molecule has 1 saturated heterocycles. The van der Waals surface area contributed by atoms with Crippen LogP contribution < -0.4 is 24.4 Å². The molecular formula is C29H23ClN2O7. The maximum atomic E-state index is 13.3. The average Bonchev–Trinajstić information content (AvgIpc) is 2.92. The lowest BCUT2D eigenvalue weighted by molar-refractivity contribution is -0.129. The number of carbonyl (C=O) groups excluding carboxylic acids is 4. The third kappa shape index (κ3) is 6.34. The first-order chi connectivity index (χ1) is 18.8. The molecule has 1 N–H and O–H groups in total. The number of para-hydroxylation sites is 2. The molecule has 0 bridgehead atoms. The predicted octanol–water partition coefficient (Wildman–Crippen LogP) is 5.03. The molecule has 0 unspecified atom stereocenters. The number of esters is 1. The molecule has 198 valence electrons. The lowest BCUT2D eigenvalue weighted by Gasteiger charge is -2.27. The Morgan fingerprint density at radius 3 is 2.38 bits per heavy atom. The summed E-state index contributed by atoms with van der Waals surface area (Å²) in [7, 11) is 1.41. The Bertz CT molecular complexity index is 1500. The van der Waals surface area contributed by atoms with Crippen molar-refractivity contribution in [3.63, 3.8) is 0 Å². The molecule has 1 heterocycles. The first-order valence-electron chi connectivity index (χ1n) is 11.8. The van der Waals surface area contributed by atoms with Gasteiger partial charge in [0.05, 0.1) is 19.4 Å². The fourth-order valence-electron chi connectivity index (χ4n) is 3.71. The van der Waals surface area contributed by atoms with Crippen LogP contribution in [0, 0.1) is 0 Å². The molecule has 3 aromatic rings. The van der Waals surface area contributed by atoms with Gasteiger partial charge in [-0.2, -0.15) is 0 Å². The highest BCUT2D eigenvalue weighted by Gasteiger charge is 2.38. The van der Waals surface area contributed by atoms with Gasteiger partial charge < -0.3 is 14.2 Å². The third-order valence-corrected chi connectivity index (χ3v) is 5.75. The van der Waals surface area contributed by atoms with Crippen LogP contribution in [0.15, 0.2) is 78.4 Å². The number of halogens is 1. The van der Waals surface area contributed by atoms with Crippen LogP contribution in [0.3, 0.4) is 0 Å². The van der Waals surface area contributed by atoms with Gasteiger partial charge in [0.25, 0.3) is 11.8 Å². The summed E-state index contributed by atoms with van der Waals surface area (Å²) in [5.41, 5.74) is 1.07. The van der Waals surface area contributed by atoms with E-state index in [4.69, 9.17) is 25.8 Å². The molecule has 4 amide bonds. The number of ether oxygens (including phenoxy) is 3.